The number of hydrogen-bond acceptors (Lipinski definition) is 2. The second kappa shape index (κ2) is 2.81. The number of fused-ring (bicyclic) bond motifs is 1. The third-order valence-corrected chi connectivity index (χ3v) is 2.17. The number of pyridine rings is 1. The van der Waals surface area contributed by atoms with Crippen LogP contribution in [-0.2, 0) is 13.6 Å². The maximum Gasteiger partial charge on any atom is 0.143 e. The summed E-state index contributed by atoms with van der Waals surface area (Å²) in [5.74, 6) is -0.322. The van der Waals surface area contributed by atoms with Crippen LogP contribution >= 0.6 is 0 Å². The molecule has 0 aliphatic carbocycles. The monoisotopic (exact) mass is 179 g/mol. The van der Waals surface area contributed by atoms with Gasteiger partial charge in [0.15, 0.2) is 0 Å². The van der Waals surface area contributed by atoms with Gasteiger partial charge in [0.1, 0.15) is 5.82 Å². The molecule has 0 saturated carbocycles. The predicted octanol–water partition coefficient (Wildman–Crippen LogP) is 1.17. The number of nitrogens with two attached hydrogens (primary N) is 1. The molecule has 0 atom stereocenters. The van der Waals surface area contributed by atoms with Crippen molar-refractivity contribution in [1.82, 2.24) is 9.55 Å². The highest BCUT2D eigenvalue weighted by Crippen LogP contribution is 2.16. The van der Waals surface area contributed by atoms with Crippen LogP contribution in [0.2, 0.25) is 0 Å². The van der Waals surface area contributed by atoms with Crippen molar-refractivity contribution in [3.8, 4) is 0 Å². The molecular formula is C9H10FN3. The van der Waals surface area contributed by atoms with Gasteiger partial charge in [-0.05, 0) is 6.07 Å². The molecule has 68 valence electrons. The highest BCUT2D eigenvalue weighted by Gasteiger charge is 2.05. The highest BCUT2D eigenvalue weighted by atomic mass is 19.1. The Labute approximate surface area is 75.0 Å². The van der Waals surface area contributed by atoms with E-state index in [0.29, 0.717) is 6.54 Å². The average molecular weight is 179 g/mol. The van der Waals surface area contributed by atoms with Crippen molar-refractivity contribution >= 4 is 11.0 Å². The van der Waals surface area contributed by atoms with Crippen molar-refractivity contribution in [1.29, 1.82) is 0 Å². The molecule has 0 bridgehead atoms. The molecule has 2 heterocycles. The first-order chi connectivity index (χ1) is 6.22. The van der Waals surface area contributed by atoms with Crippen LogP contribution in [0, 0.1) is 5.82 Å². The average Bonchev–Trinajstić information content (AvgIpc) is 2.44. The molecule has 13 heavy (non-hydrogen) atoms. The first kappa shape index (κ1) is 8.19. The van der Waals surface area contributed by atoms with Gasteiger partial charge in [-0.25, -0.2) is 4.39 Å². The Kier molecular flexibility index (Phi) is 1.77. The molecule has 2 aromatic rings. The third-order valence-electron chi connectivity index (χ3n) is 2.17. The fraction of sp³-hybridized carbons (Fsp3) is 0.222. The molecule has 0 fully saturated rings. The number of rotatable bonds is 1. The minimum absolute atomic E-state index is 0.322. The Morgan fingerprint density at radius 3 is 3.00 bits per heavy atom. The number of aryl methyl sites for hydroxylation is 1. The summed E-state index contributed by atoms with van der Waals surface area (Å²) in [5, 5.41) is 0. The molecule has 2 N–H and O–H groups in total. The molecule has 0 radical (unpaired) electrons. The second-order valence-electron chi connectivity index (χ2n) is 2.96. The van der Waals surface area contributed by atoms with Gasteiger partial charge < -0.3 is 10.3 Å². The molecule has 0 aliphatic heterocycles. The lowest BCUT2D eigenvalue weighted by atomic mass is 10.3. The molecule has 0 saturated heterocycles. The van der Waals surface area contributed by atoms with E-state index in [4.69, 9.17) is 5.73 Å². The summed E-state index contributed by atoms with van der Waals surface area (Å²) in [7, 11) is 1.85. The fourth-order valence-electron chi connectivity index (χ4n) is 1.42. The zero-order valence-electron chi connectivity index (χ0n) is 7.29. The Balaban J connectivity index is 2.77. The van der Waals surface area contributed by atoms with E-state index in [1.165, 1.54) is 12.3 Å². The van der Waals surface area contributed by atoms with Crippen LogP contribution < -0.4 is 5.73 Å². The lowest BCUT2D eigenvalue weighted by Gasteiger charge is -1.99. The smallest absolute Gasteiger partial charge is 0.143 e. The summed E-state index contributed by atoms with van der Waals surface area (Å²) in [6.45, 7) is 0.439. The van der Waals surface area contributed by atoms with Crippen molar-refractivity contribution in [2.45, 2.75) is 6.54 Å². The molecule has 3 nitrogen and oxygen atoms in total. The van der Waals surface area contributed by atoms with Crippen LogP contribution in [0.25, 0.3) is 11.0 Å². The Morgan fingerprint density at radius 1 is 1.54 bits per heavy atom. The standard InChI is InChI=1S/C9H10FN3/c1-13-7(4-11)3-8-9(13)2-6(10)5-12-8/h2-3,5H,4,11H2,1H3. The summed E-state index contributed by atoms with van der Waals surface area (Å²) in [6.07, 6.45) is 1.21. The third kappa shape index (κ3) is 1.19. The summed E-state index contributed by atoms with van der Waals surface area (Å²) in [4.78, 5) is 3.96. The van der Waals surface area contributed by atoms with E-state index in [-0.39, 0.29) is 5.82 Å². The van der Waals surface area contributed by atoms with Crippen LogP contribution in [0.5, 0.6) is 0 Å². The van der Waals surface area contributed by atoms with Crippen molar-refractivity contribution in [3.63, 3.8) is 0 Å². The molecule has 0 unspecified atom stereocenters. The zero-order valence-corrected chi connectivity index (χ0v) is 7.29. The van der Waals surface area contributed by atoms with E-state index < -0.39 is 0 Å². The fourth-order valence-corrected chi connectivity index (χ4v) is 1.42. The van der Waals surface area contributed by atoms with Gasteiger partial charge in [0.05, 0.1) is 17.2 Å². The zero-order chi connectivity index (χ0) is 9.42. The molecule has 0 aliphatic rings. The quantitative estimate of drug-likeness (QED) is 0.714. The van der Waals surface area contributed by atoms with E-state index in [9.17, 15) is 4.39 Å². The first-order valence-electron chi connectivity index (χ1n) is 4.02. The lowest BCUT2D eigenvalue weighted by Crippen LogP contribution is -2.02. The predicted molar refractivity (Wildman–Crippen MR) is 48.6 cm³/mol. The summed E-state index contributed by atoms with van der Waals surface area (Å²) in [5.41, 5.74) is 8.02. The van der Waals surface area contributed by atoms with Crippen molar-refractivity contribution in [2.75, 3.05) is 0 Å². The molecule has 0 spiro atoms. The number of halogens is 1. The molecule has 0 aromatic carbocycles. The van der Waals surface area contributed by atoms with Crippen LogP contribution in [0.4, 0.5) is 4.39 Å². The number of aromatic nitrogens is 2. The van der Waals surface area contributed by atoms with Crippen molar-refractivity contribution in [3.05, 3.63) is 29.8 Å². The van der Waals surface area contributed by atoms with Gasteiger partial charge in [0.25, 0.3) is 0 Å². The van der Waals surface area contributed by atoms with Gasteiger partial charge >= 0.3 is 0 Å². The SMILES string of the molecule is Cn1c(CN)cc2ncc(F)cc21. The van der Waals surface area contributed by atoms with Gasteiger partial charge in [-0.15, -0.1) is 0 Å². The number of hydrogen-bond donors (Lipinski definition) is 1. The van der Waals surface area contributed by atoms with Gasteiger partial charge in [0.2, 0.25) is 0 Å². The Bertz CT molecular complexity index is 447. The highest BCUT2D eigenvalue weighted by molar-refractivity contribution is 5.76. The largest absolute Gasteiger partial charge is 0.345 e. The molecule has 0 amide bonds. The van der Waals surface area contributed by atoms with E-state index in [0.717, 1.165) is 16.7 Å². The Morgan fingerprint density at radius 2 is 2.31 bits per heavy atom. The topological polar surface area (TPSA) is 43.8 Å². The normalized spacial score (nSPS) is 11.0. The van der Waals surface area contributed by atoms with Crippen LogP contribution in [0.1, 0.15) is 5.69 Å². The molecule has 2 aromatic heterocycles. The lowest BCUT2D eigenvalue weighted by molar-refractivity contribution is 0.623. The van der Waals surface area contributed by atoms with Gasteiger partial charge in [-0.3, -0.25) is 4.98 Å². The molecule has 2 rings (SSSR count). The van der Waals surface area contributed by atoms with Gasteiger partial charge in [-0.1, -0.05) is 0 Å². The van der Waals surface area contributed by atoms with Crippen LogP contribution in [-0.4, -0.2) is 9.55 Å². The summed E-state index contributed by atoms with van der Waals surface area (Å²) < 4.78 is 14.7. The maximum atomic E-state index is 12.8. The van der Waals surface area contributed by atoms with E-state index >= 15 is 0 Å². The molecular weight excluding hydrogens is 169 g/mol. The Hall–Kier alpha value is -1.42. The molecule has 4 heteroatoms. The van der Waals surface area contributed by atoms with Crippen molar-refractivity contribution in [2.24, 2.45) is 12.8 Å². The van der Waals surface area contributed by atoms with E-state index in [1.54, 1.807) is 0 Å². The second-order valence-corrected chi connectivity index (χ2v) is 2.96. The summed E-state index contributed by atoms with van der Waals surface area (Å²) >= 11 is 0. The maximum absolute atomic E-state index is 12.8. The summed E-state index contributed by atoms with van der Waals surface area (Å²) in [6, 6.07) is 3.33. The van der Waals surface area contributed by atoms with Crippen LogP contribution in [0.15, 0.2) is 18.3 Å². The van der Waals surface area contributed by atoms with Gasteiger partial charge in [-0.2, -0.15) is 0 Å². The minimum Gasteiger partial charge on any atom is -0.345 e. The number of nitrogens with zero attached hydrogens (tertiary/aromatic N) is 2. The minimum atomic E-state index is -0.322. The van der Waals surface area contributed by atoms with Gasteiger partial charge in [0, 0.05) is 25.4 Å². The van der Waals surface area contributed by atoms with Crippen molar-refractivity contribution < 1.29 is 4.39 Å². The van der Waals surface area contributed by atoms with E-state index in [2.05, 4.69) is 4.98 Å². The van der Waals surface area contributed by atoms with E-state index in [1.807, 2.05) is 17.7 Å². The first-order valence-corrected chi connectivity index (χ1v) is 4.02. The van der Waals surface area contributed by atoms with Crippen LogP contribution in [0.3, 0.4) is 0 Å².